The van der Waals surface area contributed by atoms with Crippen LogP contribution < -0.4 is 9.79 Å². The first-order valence-electron chi connectivity index (χ1n) is 12.1. The van der Waals surface area contributed by atoms with Gasteiger partial charge in [0.25, 0.3) is 0 Å². The molecule has 1 amide bonds. The summed E-state index contributed by atoms with van der Waals surface area (Å²) in [4.78, 5) is 34.4. The summed E-state index contributed by atoms with van der Waals surface area (Å²) in [7, 11) is 5.63. The number of amides is 1. The average Bonchev–Trinajstić information content (AvgIpc) is 3.52. The average molecular weight is 510 g/mol. The highest BCUT2D eigenvalue weighted by Crippen LogP contribution is 2.35. The van der Waals surface area contributed by atoms with E-state index < -0.39 is 0 Å². The molecule has 3 aromatic carbocycles. The summed E-state index contributed by atoms with van der Waals surface area (Å²) in [6, 6.07) is 20.3. The summed E-state index contributed by atoms with van der Waals surface area (Å²) in [6.45, 7) is 1.04. The number of nitrogens with zero attached hydrogens (tertiary/aromatic N) is 4. The van der Waals surface area contributed by atoms with Gasteiger partial charge < -0.3 is 24.8 Å². The summed E-state index contributed by atoms with van der Waals surface area (Å²) >= 11 is 0. The van der Waals surface area contributed by atoms with Gasteiger partial charge in [-0.2, -0.15) is 10.1 Å². The molecule has 0 unspecified atom stereocenters. The minimum absolute atomic E-state index is 0.0245. The number of aliphatic imine (C=N–C) groups is 1. The molecule has 0 atom stereocenters. The van der Waals surface area contributed by atoms with Gasteiger partial charge in [0.05, 0.1) is 34.1 Å². The van der Waals surface area contributed by atoms with Crippen molar-refractivity contribution in [2.24, 2.45) is 4.99 Å². The fourth-order valence-electron chi connectivity index (χ4n) is 4.32. The fraction of sp³-hybridized carbons (Fsp3) is 0.207. The standard InChI is InChI=1S/C29H27N5O4/c1-33(2)13-12-26(35)34(3)22-9-7-21(8-10-22)31-28(19-5-6-20-17-37-38-25(20)15-19)27-23-11-4-18(16-30)14-24(23)32-29(27)36/h4-11,14-15,32,36H,12-13,17H2,1-3H3. The molecule has 0 fully saturated rings. The third-order valence-corrected chi connectivity index (χ3v) is 6.47. The predicted octanol–water partition coefficient (Wildman–Crippen LogP) is 4.65. The smallest absolute Gasteiger partial charge is 0.228 e. The quantitative estimate of drug-likeness (QED) is 0.277. The molecule has 2 heterocycles. The zero-order valence-corrected chi connectivity index (χ0v) is 21.4. The molecule has 1 aromatic heterocycles. The Morgan fingerprint density at radius 2 is 1.89 bits per heavy atom. The zero-order chi connectivity index (χ0) is 26.8. The molecule has 0 spiro atoms. The molecule has 0 bridgehead atoms. The van der Waals surface area contributed by atoms with Crippen LogP contribution in [0.5, 0.6) is 11.6 Å². The van der Waals surface area contributed by atoms with Crippen molar-refractivity contribution in [1.82, 2.24) is 9.88 Å². The van der Waals surface area contributed by atoms with Gasteiger partial charge in [-0.1, -0.05) is 18.2 Å². The second-order valence-corrected chi connectivity index (χ2v) is 9.37. The Hall–Kier alpha value is -4.65. The second kappa shape index (κ2) is 10.4. The third-order valence-electron chi connectivity index (χ3n) is 6.47. The van der Waals surface area contributed by atoms with Gasteiger partial charge in [-0.05, 0) is 56.6 Å². The number of benzene rings is 3. The minimum atomic E-state index is -0.0608. The van der Waals surface area contributed by atoms with Crippen LogP contribution in [0.3, 0.4) is 0 Å². The van der Waals surface area contributed by atoms with Gasteiger partial charge in [0.2, 0.25) is 5.91 Å². The Kier molecular flexibility index (Phi) is 6.83. The number of nitrogens with one attached hydrogen (secondary N) is 1. The molecular formula is C29H27N5O4. The van der Waals surface area contributed by atoms with Crippen molar-refractivity contribution in [3.63, 3.8) is 0 Å². The molecule has 2 N–H and O–H groups in total. The van der Waals surface area contributed by atoms with E-state index in [1.807, 2.05) is 61.5 Å². The fourth-order valence-corrected chi connectivity index (χ4v) is 4.32. The van der Waals surface area contributed by atoms with Gasteiger partial charge in [0, 0.05) is 42.2 Å². The highest BCUT2D eigenvalue weighted by Gasteiger charge is 2.22. The number of aromatic amines is 1. The molecule has 0 aliphatic carbocycles. The van der Waals surface area contributed by atoms with Gasteiger partial charge in [0.15, 0.2) is 11.6 Å². The molecule has 192 valence electrons. The molecule has 1 aliphatic heterocycles. The zero-order valence-electron chi connectivity index (χ0n) is 21.4. The molecule has 0 saturated heterocycles. The number of fused-ring (bicyclic) bond motifs is 2. The van der Waals surface area contributed by atoms with E-state index in [-0.39, 0.29) is 11.8 Å². The lowest BCUT2D eigenvalue weighted by Gasteiger charge is -2.19. The Labute approximate surface area is 220 Å². The maximum absolute atomic E-state index is 12.5. The number of nitriles is 1. The van der Waals surface area contributed by atoms with Crippen LogP contribution in [-0.2, 0) is 16.3 Å². The van der Waals surface area contributed by atoms with E-state index in [1.54, 1.807) is 30.1 Å². The largest absolute Gasteiger partial charge is 0.494 e. The number of H-pyrrole nitrogens is 1. The number of aromatic nitrogens is 1. The number of hydrogen-bond acceptors (Lipinski definition) is 7. The molecular weight excluding hydrogens is 482 g/mol. The normalized spacial score (nSPS) is 12.9. The minimum Gasteiger partial charge on any atom is -0.494 e. The molecule has 38 heavy (non-hydrogen) atoms. The maximum atomic E-state index is 12.5. The predicted molar refractivity (Wildman–Crippen MR) is 145 cm³/mol. The van der Waals surface area contributed by atoms with Crippen molar-refractivity contribution in [3.8, 4) is 17.7 Å². The Morgan fingerprint density at radius 3 is 2.63 bits per heavy atom. The summed E-state index contributed by atoms with van der Waals surface area (Å²) in [5.74, 6) is 0.556. The van der Waals surface area contributed by atoms with Gasteiger partial charge in [-0.25, -0.2) is 4.99 Å². The Balaban J connectivity index is 1.56. The van der Waals surface area contributed by atoms with E-state index in [1.165, 1.54) is 0 Å². The van der Waals surface area contributed by atoms with Crippen molar-refractivity contribution in [2.45, 2.75) is 13.0 Å². The number of carbonyl (C=O) groups excluding carboxylic acids is 1. The van der Waals surface area contributed by atoms with Gasteiger partial charge in [0.1, 0.15) is 6.61 Å². The number of hydrogen-bond donors (Lipinski definition) is 2. The topological polar surface area (TPSA) is 114 Å². The van der Waals surface area contributed by atoms with Crippen LogP contribution >= 0.6 is 0 Å². The monoisotopic (exact) mass is 509 g/mol. The lowest BCUT2D eigenvalue weighted by atomic mass is 9.98. The lowest BCUT2D eigenvalue weighted by Crippen LogP contribution is -2.29. The van der Waals surface area contributed by atoms with Gasteiger partial charge in [-0.3, -0.25) is 4.79 Å². The van der Waals surface area contributed by atoms with Crippen LogP contribution in [0.15, 0.2) is 65.7 Å². The van der Waals surface area contributed by atoms with Crippen molar-refractivity contribution >= 4 is 33.9 Å². The van der Waals surface area contributed by atoms with Crippen LogP contribution in [0.25, 0.3) is 10.9 Å². The Bertz CT molecular complexity index is 1580. The van der Waals surface area contributed by atoms with Crippen molar-refractivity contribution in [1.29, 1.82) is 5.26 Å². The van der Waals surface area contributed by atoms with Crippen molar-refractivity contribution in [3.05, 3.63) is 82.9 Å². The van der Waals surface area contributed by atoms with Crippen LogP contribution in [0.4, 0.5) is 11.4 Å². The van der Waals surface area contributed by atoms with E-state index in [4.69, 9.17) is 14.8 Å². The van der Waals surface area contributed by atoms with Crippen LogP contribution in [0, 0.1) is 11.3 Å². The molecule has 4 aromatic rings. The Morgan fingerprint density at radius 1 is 1.11 bits per heavy atom. The molecule has 0 saturated carbocycles. The lowest BCUT2D eigenvalue weighted by molar-refractivity contribution is -0.194. The highest BCUT2D eigenvalue weighted by molar-refractivity contribution is 6.22. The number of aromatic hydroxyl groups is 1. The van der Waals surface area contributed by atoms with E-state index >= 15 is 0 Å². The SMILES string of the molecule is CN(C)CCC(=O)N(C)c1ccc(N=C(c2ccc3c(c2)OOC3)c2c(O)[nH]c3cc(C#N)ccc23)cc1. The molecule has 0 radical (unpaired) electrons. The number of anilines is 1. The van der Waals surface area contributed by atoms with Gasteiger partial charge in [-0.15, -0.1) is 0 Å². The highest BCUT2D eigenvalue weighted by atomic mass is 17.2. The first kappa shape index (κ1) is 25.0. The number of rotatable bonds is 7. The number of carbonyl (C=O) groups is 1. The summed E-state index contributed by atoms with van der Waals surface area (Å²) in [6.07, 6.45) is 0.422. The van der Waals surface area contributed by atoms with E-state index in [0.29, 0.717) is 53.4 Å². The second-order valence-electron chi connectivity index (χ2n) is 9.37. The summed E-state index contributed by atoms with van der Waals surface area (Å²) in [5, 5.41) is 21.0. The summed E-state index contributed by atoms with van der Waals surface area (Å²) < 4.78 is 0. The van der Waals surface area contributed by atoms with E-state index in [0.717, 1.165) is 22.2 Å². The molecule has 1 aliphatic rings. The molecule has 9 heteroatoms. The first-order chi connectivity index (χ1) is 18.3. The van der Waals surface area contributed by atoms with Crippen molar-refractivity contribution < 1.29 is 19.7 Å². The first-order valence-corrected chi connectivity index (χ1v) is 12.1. The molecule has 5 rings (SSSR count). The van der Waals surface area contributed by atoms with E-state index in [2.05, 4.69) is 11.1 Å². The van der Waals surface area contributed by atoms with E-state index in [9.17, 15) is 15.2 Å². The molecule has 9 nitrogen and oxygen atoms in total. The van der Waals surface area contributed by atoms with Crippen molar-refractivity contribution in [2.75, 3.05) is 32.6 Å². The van der Waals surface area contributed by atoms with Gasteiger partial charge >= 0.3 is 0 Å². The van der Waals surface area contributed by atoms with Crippen LogP contribution in [0.1, 0.15) is 28.7 Å². The van der Waals surface area contributed by atoms with Crippen LogP contribution in [0.2, 0.25) is 0 Å². The maximum Gasteiger partial charge on any atom is 0.228 e. The summed E-state index contributed by atoms with van der Waals surface area (Å²) in [5.41, 5.74) is 5.15. The van der Waals surface area contributed by atoms with Crippen LogP contribution in [-0.4, -0.2) is 54.3 Å². The third kappa shape index (κ3) is 4.95.